The van der Waals surface area contributed by atoms with E-state index < -0.39 is 17.8 Å². The van der Waals surface area contributed by atoms with Gasteiger partial charge in [0.05, 0.1) is 11.7 Å². The van der Waals surface area contributed by atoms with Crippen LogP contribution in [0.15, 0.2) is 24.3 Å². The van der Waals surface area contributed by atoms with Crippen LogP contribution < -0.4 is 0 Å². The molecule has 0 saturated heterocycles. The number of ether oxygens (including phenoxy) is 1. The van der Waals surface area contributed by atoms with Gasteiger partial charge in [0.15, 0.2) is 0 Å². The molecule has 0 aliphatic heterocycles. The molecule has 16 heavy (non-hydrogen) atoms. The number of alkyl halides is 3. The van der Waals surface area contributed by atoms with Gasteiger partial charge in [-0.15, -0.1) is 0 Å². The monoisotopic (exact) mass is 232 g/mol. The minimum atomic E-state index is -4.43. The number of carbonyl (C=O) groups excluding carboxylic acids is 1. The summed E-state index contributed by atoms with van der Waals surface area (Å²) in [6, 6.07) is 5.09. The zero-order valence-corrected chi connectivity index (χ0v) is 8.62. The van der Waals surface area contributed by atoms with Gasteiger partial charge >= 0.3 is 6.18 Å². The summed E-state index contributed by atoms with van der Waals surface area (Å²) in [5.74, 6) is 0. The minimum Gasteiger partial charge on any atom is -0.376 e. The molecule has 1 unspecified atom stereocenters. The Morgan fingerprint density at radius 3 is 2.50 bits per heavy atom. The van der Waals surface area contributed by atoms with Crippen molar-refractivity contribution >= 4 is 6.29 Å². The second-order valence-corrected chi connectivity index (χ2v) is 3.21. The van der Waals surface area contributed by atoms with Crippen molar-refractivity contribution in [1.82, 2.24) is 0 Å². The van der Waals surface area contributed by atoms with Gasteiger partial charge in [-0.3, -0.25) is 0 Å². The van der Waals surface area contributed by atoms with Crippen LogP contribution in [-0.4, -0.2) is 13.4 Å². The second kappa shape index (κ2) is 5.12. The first-order valence-electron chi connectivity index (χ1n) is 4.63. The largest absolute Gasteiger partial charge is 0.416 e. The van der Waals surface area contributed by atoms with Crippen molar-refractivity contribution in [1.29, 1.82) is 0 Å². The molecule has 1 aromatic carbocycles. The summed E-state index contributed by atoms with van der Waals surface area (Å²) in [7, 11) is 1.28. The highest BCUT2D eigenvalue weighted by atomic mass is 19.4. The maximum absolute atomic E-state index is 12.6. The average Bonchev–Trinajstić information content (AvgIpc) is 2.25. The molecule has 0 aliphatic carbocycles. The Morgan fingerprint density at radius 1 is 1.38 bits per heavy atom. The topological polar surface area (TPSA) is 26.3 Å². The van der Waals surface area contributed by atoms with Crippen LogP contribution in [0.25, 0.3) is 0 Å². The summed E-state index contributed by atoms with van der Waals surface area (Å²) in [6.07, 6.45) is -4.84. The predicted octanol–water partition coefficient (Wildman–Crippen LogP) is 2.98. The Balaban J connectivity index is 3.16. The molecule has 0 radical (unpaired) electrons. The Hall–Kier alpha value is -1.36. The molecular formula is C11H11F3O2. The Morgan fingerprint density at radius 2 is 2.00 bits per heavy atom. The molecule has 1 rings (SSSR count). The van der Waals surface area contributed by atoms with Crippen molar-refractivity contribution in [3.8, 4) is 0 Å². The highest BCUT2D eigenvalue weighted by molar-refractivity contribution is 5.51. The highest BCUT2D eigenvalue weighted by Gasteiger charge is 2.34. The van der Waals surface area contributed by atoms with Gasteiger partial charge in [0, 0.05) is 13.5 Å². The summed E-state index contributed by atoms with van der Waals surface area (Å²) in [4.78, 5) is 10.3. The van der Waals surface area contributed by atoms with E-state index in [1.54, 1.807) is 0 Å². The van der Waals surface area contributed by atoms with Crippen molar-refractivity contribution in [3.05, 3.63) is 35.4 Å². The normalized spacial score (nSPS) is 13.5. The molecule has 0 spiro atoms. The van der Waals surface area contributed by atoms with Crippen LogP contribution >= 0.6 is 0 Å². The molecule has 0 N–H and O–H groups in total. The van der Waals surface area contributed by atoms with Gasteiger partial charge in [-0.2, -0.15) is 13.2 Å². The molecule has 0 fully saturated rings. The van der Waals surface area contributed by atoms with Gasteiger partial charge in [-0.25, -0.2) is 0 Å². The quantitative estimate of drug-likeness (QED) is 0.746. The number of hydrogen-bond donors (Lipinski definition) is 0. The lowest BCUT2D eigenvalue weighted by Crippen LogP contribution is -2.13. The number of aldehydes is 1. The summed E-state index contributed by atoms with van der Waals surface area (Å²) < 4.78 is 42.8. The van der Waals surface area contributed by atoms with Crippen LogP contribution in [0.4, 0.5) is 13.2 Å². The van der Waals surface area contributed by atoms with E-state index in [2.05, 4.69) is 0 Å². The summed E-state index contributed by atoms with van der Waals surface area (Å²) in [5, 5.41) is 0. The second-order valence-electron chi connectivity index (χ2n) is 3.21. The van der Waals surface area contributed by atoms with E-state index in [0.717, 1.165) is 6.07 Å². The Labute approximate surface area is 91.0 Å². The fraction of sp³-hybridized carbons (Fsp3) is 0.364. The zero-order chi connectivity index (χ0) is 12.2. The van der Waals surface area contributed by atoms with E-state index >= 15 is 0 Å². The first-order chi connectivity index (χ1) is 7.50. The van der Waals surface area contributed by atoms with Crippen molar-refractivity contribution in [2.24, 2.45) is 0 Å². The molecule has 88 valence electrons. The third-order valence-electron chi connectivity index (χ3n) is 2.21. The van der Waals surface area contributed by atoms with Crippen molar-refractivity contribution in [2.75, 3.05) is 7.11 Å². The maximum Gasteiger partial charge on any atom is 0.416 e. The van der Waals surface area contributed by atoms with Crippen molar-refractivity contribution in [3.63, 3.8) is 0 Å². The number of rotatable bonds is 4. The Kier molecular flexibility index (Phi) is 4.06. The number of carbonyl (C=O) groups is 1. The predicted molar refractivity (Wildman–Crippen MR) is 51.9 cm³/mol. The molecule has 0 bridgehead atoms. The van der Waals surface area contributed by atoms with E-state index in [9.17, 15) is 18.0 Å². The van der Waals surface area contributed by atoms with E-state index in [1.165, 1.54) is 25.3 Å². The van der Waals surface area contributed by atoms with E-state index in [-0.39, 0.29) is 12.0 Å². The molecule has 2 nitrogen and oxygen atoms in total. The molecule has 0 aromatic heterocycles. The van der Waals surface area contributed by atoms with Crippen molar-refractivity contribution in [2.45, 2.75) is 18.7 Å². The lowest BCUT2D eigenvalue weighted by Gasteiger charge is -2.18. The lowest BCUT2D eigenvalue weighted by molar-refractivity contribution is -0.139. The number of methoxy groups -OCH3 is 1. The van der Waals surface area contributed by atoms with Crippen LogP contribution in [0.1, 0.15) is 23.7 Å². The fourth-order valence-electron chi connectivity index (χ4n) is 1.47. The van der Waals surface area contributed by atoms with Crippen LogP contribution in [0.2, 0.25) is 0 Å². The molecule has 0 aliphatic rings. The Bertz CT molecular complexity index is 360. The maximum atomic E-state index is 12.6. The molecule has 0 heterocycles. The SMILES string of the molecule is COC(CC=O)c1ccccc1C(F)(F)F. The third-order valence-corrected chi connectivity index (χ3v) is 2.21. The van der Waals surface area contributed by atoms with E-state index in [0.29, 0.717) is 6.29 Å². The first-order valence-corrected chi connectivity index (χ1v) is 4.63. The number of hydrogen-bond acceptors (Lipinski definition) is 2. The van der Waals surface area contributed by atoms with Gasteiger partial charge in [0.25, 0.3) is 0 Å². The standard InChI is InChI=1S/C11H11F3O2/c1-16-10(6-7-15)8-4-2-3-5-9(8)11(12,13)14/h2-5,7,10H,6H2,1H3. The van der Waals surface area contributed by atoms with Crippen LogP contribution in [-0.2, 0) is 15.7 Å². The van der Waals surface area contributed by atoms with Crippen LogP contribution in [0.3, 0.4) is 0 Å². The van der Waals surface area contributed by atoms with Gasteiger partial charge in [-0.05, 0) is 11.6 Å². The number of halogens is 3. The highest BCUT2D eigenvalue weighted by Crippen LogP contribution is 2.35. The smallest absolute Gasteiger partial charge is 0.376 e. The molecule has 1 aromatic rings. The summed E-state index contributed by atoms with van der Waals surface area (Å²) in [5.41, 5.74) is -0.770. The van der Waals surface area contributed by atoms with Crippen molar-refractivity contribution < 1.29 is 22.7 Å². The zero-order valence-electron chi connectivity index (χ0n) is 8.62. The first kappa shape index (κ1) is 12.7. The van der Waals surface area contributed by atoms with Crippen LogP contribution in [0.5, 0.6) is 0 Å². The van der Waals surface area contributed by atoms with Gasteiger partial charge in [-0.1, -0.05) is 18.2 Å². The van der Waals surface area contributed by atoms with E-state index in [4.69, 9.17) is 4.74 Å². The average molecular weight is 232 g/mol. The molecular weight excluding hydrogens is 221 g/mol. The molecule has 5 heteroatoms. The molecule has 0 amide bonds. The van der Waals surface area contributed by atoms with Gasteiger partial charge in [0.1, 0.15) is 6.29 Å². The third kappa shape index (κ3) is 2.82. The lowest BCUT2D eigenvalue weighted by atomic mass is 10.00. The van der Waals surface area contributed by atoms with E-state index in [1.807, 2.05) is 0 Å². The van der Waals surface area contributed by atoms with Crippen LogP contribution in [0, 0.1) is 0 Å². The minimum absolute atomic E-state index is 0.00963. The van der Waals surface area contributed by atoms with Gasteiger partial charge in [0.2, 0.25) is 0 Å². The fourth-order valence-corrected chi connectivity index (χ4v) is 1.47. The van der Waals surface area contributed by atoms with Gasteiger partial charge < -0.3 is 9.53 Å². The number of benzene rings is 1. The molecule has 1 atom stereocenters. The molecule has 0 saturated carbocycles. The summed E-state index contributed by atoms with van der Waals surface area (Å²) >= 11 is 0. The summed E-state index contributed by atoms with van der Waals surface area (Å²) in [6.45, 7) is 0.